The Hall–Kier alpha value is -2.67. The van der Waals surface area contributed by atoms with Crippen molar-refractivity contribution in [2.24, 2.45) is 0 Å². The average Bonchev–Trinajstić information content (AvgIpc) is 2.91. The molecule has 0 unspecified atom stereocenters. The third-order valence-corrected chi connectivity index (χ3v) is 4.92. The van der Waals surface area contributed by atoms with E-state index in [0.717, 1.165) is 16.9 Å². The van der Waals surface area contributed by atoms with Crippen molar-refractivity contribution in [3.05, 3.63) is 51.9 Å². The van der Waals surface area contributed by atoms with Gasteiger partial charge < -0.3 is 15.4 Å². The molecule has 2 amide bonds. The SMILES string of the molecule is CCOC(=O)c1c(NC(=O)Cc2ccccc2)sc(C(=O)NC(C)C)c1C. The molecule has 7 heteroatoms. The van der Waals surface area contributed by atoms with Crippen molar-refractivity contribution in [1.82, 2.24) is 5.32 Å². The number of carbonyl (C=O) groups is 3. The molecule has 0 aliphatic carbocycles. The minimum absolute atomic E-state index is 0.0406. The Kier molecular flexibility index (Phi) is 7.12. The maximum atomic E-state index is 12.4. The lowest BCUT2D eigenvalue weighted by Crippen LogP contribution is -2.29. The van der Waals surface area contributed by atoms with Crippen LogP contribution in [0.25, 0.3) is 0 Å². The highest BCUT2D eigenvalue weighted by Crippen LogP contribution is 2.34. The smallest absolute Gasteiger partial charge is 0.341 e. The van der Waals surface area contributed by atoms with Gasteiger partial charge in [0.25, 0.3) is 5.91 Å². The molecule has 144 valence electrons. The fourth-order valence-corrected chi connectivity index (χ4v) is 3.66. The van der Waals surface area contributed by atoms with E-state index in [-0.39, 0.29) is 36.4 Å². The summed E-state index contributed by atoms with van der Waals surface area (Å²) in [5.41, 5.74) is 1.60. The third-order valence-electron chi connectivity index (χ3n) is 3.71. The number of benzene rings is 1. The van der Waals surface area contributed by atoms with Crippen LogP contribution in [0, 0.1) is 6.92 Å². The maximum absolute atomic E-state index is 12.4. The van der Waals surface area contributed by atoms with Crippen molar-refractivity contribution in [2.45, 2.75) is 40.2 Å². The van der Waals surface area contributed by atoms with Gasteiger partial charge in [-0.25, -0.2) is 4.79 Å². The Balaban J connectivity index is 2.31. The average molecular weight is 388 g/mol. The van der Waals surface area contributed by atoms with E-state index in [4.69, 9.17) is 4.74 Å². The van der Waals surface area contributed by atoms with Crippen molar-refractivity contribution < 1.29 is 19.1 Å². The van der Waals surface area contributed by atoms with E-state index in [1.165, 1.54) is 0 Å². The first kappa shape index (κ1) is 20.6. The van der Waals surface area contributed by atoms with Crippen LogP contribution in [0.5, 0.6) is 0 Å². The number of rotatable bonds is 7. The zero-order valence-electron chi connectivity index (χ0n) is 15.9. The quantitative estimate of drug-likeness (QED) is 0.711. The molecule has 0 saturated heterocycles. The Morgan fingerprint density at radius 3 is 2.41 bits per heavy atom. The molecule has 6 nitrogen and oxygen atoms in total. The van der Waals surface area contributed by atoms with Crippen molar-refractivity contribution in [1.29, 1.82) is 0 Å². The number of amides is 2. The standard InChI is InChI=1S/C20H24N2O4S/c1-5-26-20(25)16-13(4)17(18(24)21-12(2)3)27-19(16)22-15(23)11-14-9-7-6-8-10-14/h6-10,12H,5,11H2,1-4H3,(H,21,24)(H,22,23). The largest absolute Gasteiger partial charge is 0.462 e. The summed E-state index contributed by atoms with van der Waals surface area (Å²) in [4.78, 5) is 37.6. The first-order valence-corrected chi connectivity index (χ1v) is 9.60. The molecule has 2 N–H and O–H groups in total. The van der Waals surface area contributed by atoms with Gasteiger partial charge in [0.15, 0.2) is 0 Å². The van der Waals surface area contributed by atoms with Gasteiger partial charge >= 0.3 is 5.97 Å². The Bertz CT molecular complexity index is 828. The van der Waals surface area contributed by atoms with E-state index in [2.05, 4.69) is 10.6 Å². The van der Waals surface area contributed by atoms with E-state index < -0.39 is 5.97 Å². The van der Waals surface area contributed by atoms with Crippen LogP contribution in [-0.4, -0.2) is 30.4 Å². The second-order valence-electron chi connectivity index (χ2n) is 6.32. The van der Waals surface area contributed by atoms with Crippen molar-refractivity contribution in [2.75, 3.05) is 11.9 Å². The molecule has 0 aliphatic heterocycles. The van der Waals surface area contributed by atoms with Crippen LogP contribution < -0.4 is 10.6 Å². The topological polar surface area (TPSA) is 84.5 Å². The molecule has 0 fully saturated rings. The van der Waals surface area contributed by atoms with E-state index in [1.807, 2.05) is 44.2 Å². The van der Waals surface area contributed by atoms with Crippen LogP contribution >= 0.6 is 11.3 Å². The lowest BCUT2D eigenvalue weighted by molar-refractivity contribution is -0.115. The molecule has 0 spiro atoms. The normalized spacial score (nSPS) is 10.6. The van der Waals surface area contributed by atoms with Gasteiger partial charge in [0.2, 0.25) is 5.91 Å². The van der Waals surface area contributed by atoms with E-state index in [9.17, 15) is 14.4 Å². The molecule has 1 heterocycles. The molecule has 0 radical (unpaired) electrons. The van der Waals surface area contributed by atoms with Crippen LogP contribution in [0.3, 0.4) is 0 Å². The van der Waals surface area contributed by atoms with Crippen molar-refractivity contribution in [3.63, 3.8) is 0 Å². The first-order valence-electron chi connectivity index (χ1n) is 8.78. The number of hydrogen-bond donors (Lipinski definition) is 2. The van der Waals surface area contributed by atoms with Crippen molar-refractivity contribution >= 4 is 34.1 Å². The van der Waals surface area contributed by atoms with Gasteiger partial charge in [0, 0.05) is 6.04 Å². The van der Waals surface area contributed by atoms with E-state index >= 15 is 0 Å². The summed E-state index contributed by atoms with van der Waals surface area (Å²) in [6.07, 6.45) is 0.174. The summed E-state index contributed by atoms with van der Waals surface area (Å²) in [7, 11) is 0. The van der Waals surface area contributed by atoms with Crippen LogP contribution in [0.1, 0.15) is 51.9 Å². The van der Waals surface area contributed by atoms with Gasteiger partial charge in [-0.15, -0.1) is 11.3 Å². The lowest BCUT2D eigenvalue weighted by Gasteiger charge is -2.08. The Morgan fingerprint density at radius 1 is 1.15 bits per heavy atom. The predicted molar refractivity (Wildman–Crippen MR) is 106 cm³/mol. The second-order valence-corrected chi connectivity index (χ2v) is 7.34. The molecule has 0 bridgehead atoms. The van der Waals surface area contributed by atoms with Gasteiger partial charge in [-0.2, -0.15) is 0 Å². The summed E-state index contributed by atoms with van der Waals surface area (Å²) < 4.78 is 5.11. The monoisotopic (exact) mass is 388 g/mol. The highest BCUT2D eigenvalue weighted by atomic mass is 32.1. The zero-order chi connectivity index (χ0) is 20.0. The molecule has 2 aromatic rings. The van der Waals surface area contributed by atoms with Crippen LogP contribution in [0.15, 0.2) is 30.3 Å². The van der Waals surface area contributed by atoms with Gasteiger partial charge in [-0.1, -0.05) is 30.3 Å². The number of thiophene rings is 1. The summed E-state index contributed by atoms with van der Waals surface area (Å²) in [5.74, 6) is -1.09. The molecular weight excluding hydrogens is 364 g/mol. The molecule has 1 aromatic heterocycles. The molecule has 2 rings (SSSR count). The number of esters is 1. The number of nitrogens with one attached hydrogen (secondary N) is 2. The highest BCUT2D eigenvalue weighted by molar-refractivity contribution is 7.18. The van der Waals surface area contributed by atoms with E-state index in [1.54, 1.807) is 13.8 Å². The molecule has 27 heavy (non-hydrogen) atoms. The number of carbonyl (C=O) groups excluding carboxylic acids is 3. The van der Waals surface area contributed by atoms with Gasteiger partial charge in [0.1, 0.15) is 5.00 Å². The Labute approximate surface area is 162 Å². The molecule has 0 saturated carbocycles. The maximum Gasteiger partial charge on any atom is 0.341 e. The minimum Gasteiger partial charge on any atom is -0.462 e. The fourth-order valence-electron chi connectivity index (χ4n) is 2.55. The molecule has 0 aliphatic rings. The predicted octanol–water partition coefficient (Wildman–Crippen LogP) is 3.55. The lowest BCUT2D eigenvalue weighted by atomic mass is 10.1. The fraction of sp³-hybridized carbons (Fsp3) is 0.350. The summed E-state index contributed by atoms with van der Waals surface area (Å²) in [6.45, 7) is 7.31. The van der Waals surface area contributed by atoms with Gasteiger partial charge in [-0.05, 0) is 38.8 Å². The number of anilines is 1. The zero-order valence-corrected chi connectivity index (χ0v) is 16.7. The number of ether oxygens (including phenoxy) is 1. The van der Waals surface area contributed by atoms with E-state index in [0.29, 0.717) is 15.4 Å². The summed E-state index contributed by atoms with van der Waals surface area (Å²) >= 11 is 1.08. The summed E-state index contributed by atoms with van der Waals surface area (Å²) in [5, 5.41) is 5.91. The first-order chi connectivity index (χ1) is 12.8. The van der Waals surface area contributed by atoms with Crippen molar-refractivity contribution in [3.8, 4) is 0 Å². The van der Waals surface area contributed by atoms with Gasteiger partial charge in [-0.3, -0.25) is 9.59 Å². The minimum atomic E-state index is -0.551. The molecule has 0 atom stereocenters. The second kappa shape index (κ2) is 9.32. The highest BCUT2D eigenvalue weighted by Gasteiger charge is 2.26. The van der Waals surface area contributed by atoms with Crippen LogP contribution in [0.4, 0.5) is 5.00 Å². The third kappa shape index (κ3) is 5.40. The van der Waals surface area contributed by atoms with Crippen LogP contribution in [-0.2, 0) is 16.0 Å². The molecule has 1 aromatic carbocycles. The number of hydrogen-bond acceptors (Lipinski definition) is 5. The Morgan fingerprint density at radius 2 is 1.81 bits per heavy atom. The van der Waals surface area contributed by atoms with Crippen LogP contribution in [0.2, 0.25) is 0 Å². The summed E-state index contributed by atoms with van der Waals surface area (Å²) in [6, 6.07) is 9.26. The molecular formula is C20H24N2O4S. The van der Waals surface area contributed by atoms with Gasteiger partial charge in [0.05, 0.1) is 23.5 Å².